The van der Waals surface area contributed by atoms with Crippen molar-refractivity contribution in [3.05, 3.63) is 35.6 Å². The Balaban J connectivity index is 2.92. The minimum atomic E-state index is -4.67. The second kappa shape index (κ2) is 7.05. The molecule has 4 nitrogen and oxygen atoms in total. The van der Waals surface area contributed by atoms with Gasteiger partial charge in [0.2, 0.25) is 6.10 Å². The third-order valence-corrected chi connectivity index (χ3v) is 2.10. The van der Waals surface area contributed by atoms with Gasteiger partial charge in [0.05, 0.1) is 6.10 Å². The molecule has 0 saturated heterocycles. The number of hydrogen-bond donors (Lipinski definition) is 0. The van der Waals surface area contributed by atoms with Gasteiger partial charge in [-0.15, -0.1) is 0 Å². The summed E-state index contributed by atoms with van der Waals surface area (Å²) in [7, 11) is 0. The van der Waals surface area contributed by atoms with Gasteiger partial charge in [0.25, 0.3) is 0 Å². The molecule has 0 amide bonds. The van der Waals surface area contributed by atoms with E-state index in [1.165, 1.54) is 12.1 Å². The molecule has 0 spiro atoms. The van der Waals surface area contributed by atoms with E-state index in [2.05, 4.69) is 9.99 Å². The highest BCUT2D eigenvalue weighted by atomic mass is 19.4. The zero-order valence-corrected chi connectivity index (χ0v) is 11.2. The van der Waals surface area contributed by atoms with Crippen LogP contribution in [0.2, 0.25) is 0 Å². The van der Waals surface area contributed by atoms with Crippen molar-refractivity contribution in [2.24, 2.45) is 5.16 Å². The van der Waals surface area contributed by atoms with Gasteiger partial charge in [-0.1, -0.05) is 17.3 Å². The van der Waals surface area contributed by atoms with Crippen LogP contribution in [0.3, 0.4) is 0 Å². The summed E-state index contributed by atoms with van der Waals surface area (Å²) in [5.74, 6) is -1.48. The summed E-state index contributed by atoms with van der Waals surface area (Å²) in [5.41, 5.74) is 0.126. The fourth-order valence-corrected chi connectivity index (χ4v) is 1.32. The molecule has 21 heavy (non-hydrogen) atoms. The van der Waals surface area contributed by atoms with Gasteiger partial charge in [-0.25, -0.2) is 9.18 Å². The van der Waals surface area contributed by atoms with Gasteiger partial charge in [-0.2, -0.15) is 13.2 Å². The zero-order valence-electron chi connectivity index (χ0n) is 11.2. The number of esters is 1. The molecule has 1 aromatic carbocycles. The summed E-state index contributed by atoms with van der Waals surface area (Å²) in [6.45, 7) is 3.14. The number of carbonyl (C=O) groups is 1. The van der Waals surface area contributed by atoms with Crippen molar-refractivity contribution in [2.45, 2.75) is 32.2 Å². The molecule has 0 aliphatic rings. The van der Waals surface area contributed by atoms with Gasteiger partial charge in [0, 0.05) is 5.56 Å². The number of oxime groups is 1. The molecule has 1 rings (SSSR count). The predicted octanol–water partition coefficient (Wildman–Crippen LogP) is 3.38. The van der Waals surface area contributed by atoms with Crippen LogP contribution >= 0.6 is 0 Å². The van der Waals surface area contributed by atoms with Crippen LogP contribution in [0.15, 0.2) is 29.4 Å². The number of benzene rings is 1. The molecule has 0 fully saturated rings. The lowest BCUT2D eigenvalue weighted by Gasteiger charge is -2.16. The van der Waals surface area contributed by atoms with Gasteiger partial charge in [0.15, 0.2) is 0 Å². The Morgan fingerprint density at radius 3 is 2.29 bits per heavy atom. The van der Waals surface area contributed by atoms with Crippen molar-refractivity contribution in [3.63, 3.8) is 0 Å². The molecule has 0 radical (unpaired) electrons. The van der Waals surface area contributed by atoms with E-state index in [0.29, 0.717) is 0 Å². The predicted molar refractivity (Wildman–Crippen MR) is 66.0 cm³/mol. The molecule has 1 aromatic rings. The first-order valence-corrected chi connectivity index (χ1v) is 5.92. The minimum absolute atomic E-state index is 0.126. The number of carbonyl (C=O) groups excluding carboxylic acids is 1. The third kappa shape index (κ3) is 6.24. The monoisotopic (exact) mass is 307 g/mol. The highest BCUT2D eigenvalue weighted by Crippen LogP contribution is 2.21. The SMILES string of the molecule is CC(C)OC(=O)C(ON=CC(F)(F)F)c1ccc(F)cc1. The molecule has 0 N–H and O–H groups in total. The molecule has 0 aromatic heterocycles. The second-order valence-electron chi connectivity index (χ2n) is 4.30. The van der Waals surface area contributed by atoms with Gasteiger partial charge in [-0.05, 0) is 26.0 Å². The molecule has 8 heteroatoms. The highest BCUT2D eigenvalue weighted by molar-refractivity contribution is 5.76. The topological polar surface area (TPSA) is 47.9 Å². The maximum Gasteiger partial charge on any atom is 0.429 e. The standard InChI is InChI=1S/C13H13F4NO3/c1-8(2)20-12(19)11(21-18-7-13(15,16)17)9-3-5-10(14)6-4-9/h3-8,11H,1-2H3. The van der Waals surface area contributed by atoms with Crippen LogP contribution in [0.4, 0.5) is 17.6 Å². The fourth-order valence-electron chi connectivity index (χ4n) is 1.32. The van der Waals surface area contributed by atoms with Crippen LogP contribution in [0.25, 0.3) is 0 Å². The maximum atomic E-state index is 12.8. The van der Waals surface area contributed by atoms with Crippen LogP contribution in [-0.2, 0) is 14.4 Å². The summed E-state index contributed by atoms with van der Waals surface area (Å²) in [4.78, 5) is 16.4. The normalized spacial score (nSPS) is 13.5. The van der Waals surface area contributed by atoms with E-state index in [9.17, 15) is 22.4 Å². The van der Waals surface area contributed by atoms with Gasteiger partial charge in [0.1, 0.15) is 12.0 Å². The molecule has 0 bridgehead atoms. The summed E-state index contributed by atoms with van der Waals surface area (Å²) in [6.07, 6.45) is -7.07. The first-order valence-electron chi connectivity index (χ1n) is 5.92. The lowest BCUT2D eigenvalue weighted by atomic mass is 10.1. The molecule has 1 atom stereocenters. The van der Waals surface area contributed by atoms with E-state index < -0.39 is 36.4 Å². The summed E-state index contributed by atoms with van der Waals surface area (Å²) >= 11 is 0. The van der Waals surface area contributed by atoms with Crippen molar-refractivity contribution < 1.29 is 31.9 Å². The highest BCUT2D eigenvalue weighted by Gasteiger charge is 2.28. The van der Waals surface area contributed by atoms with Crippen LogP contribution in [0, 0.1) is 5.82 Å². The molecule has 1 unspecified atom stereocenters. The van der Waals surface area contributed by atoms with Crippen LogP contribution < -0.4 is 0 Å². The summed E-state index contributed by atoms with van der Waals surface area (Å²) < 4.78 is 53.6. The Bertz CT molecular complexity index is 497. The Labute approximate surface area is 118 Å². The quantitative estimate of drug-likeness (QED) is 0.362. The number of halogens is 4. The van der Waals surface area contributed by atoms with Crippen molar-refractivity contribution in [1.82, 2.24) is 0 Å². The van der Waals surface area contributed by atoms with Crippen molar-refractivity contribution in [3.8, 4) is 0 Å². The van der Waals surface area contributed by atoms with Gasteiger partial charge in [-0.3, -0.25) is 0 Å². The molecular weight excluding hydrogens is 294 g/mol. The first-order chi connectivity index (χ1) is 9.69. The average Bonchev–Trinajstić information content (AvgIpc) is 2.34. The number of nitrogens with zero attached hydrogens (tertiary/aromatic N) is 1. The molecule has 0 heterocycles. The fraction of sp³-hybridized carbons (Fsp3) is 0.385. The van der Waals surface area contributed by atoms with Crippen LogP contribution in [-0.4, -0.2) is 24.5 Å². The number of alkyl halides is 3. The Kier molecular flexibility index (Phi) is 5.69. The lowest BCUT2D eigenvalue weighted by Crippen LogP contribution is -2.21. The minimum Gasteiger partial charge on any atom is -0.460 e. The first kappa shape index (κ1) is 16.9. The summed E-state index contributed by atoms with van der Waals surface area (Å²) in [5, 5.41) is 2.73. The number of hydrogen-bond acceptors (Lipinski definition) is 4. The smallest absolute Gasteiger partial charge is 0.429 e. The molecular formula is C13H13F4NO3. The van der Waals surface area contributed by atoms with Gasteiger partial charge < -0.3 is 9.57 Å². The maximum absolute atomic E-state index is 12.8. The van der Waals surface area contributed by atoms with E-state index in [0.717, 1.165) is 12.1 Å². The Morgan fingerprint density at radius 2 is 1.81 bits per heavy atom. The molecule has 116 valence electrons. The van der Waals surface area contributed by atoms with E-state index in [-0.39, 0.29) is 5.56 Å². The van der Waals surface area contributed by atoms with E-state index in [1.54, 1.807) is 13.8 Å². The largest absolute Gasteiger partial charge is 0.460 e. The molecule has 0 aliphatic heterocycles. The average molecular weight is 307 g/mol. The third-order valence-electron chi connectivity index (χ3n) is 2.10. The molecule has 0 aliphatic carbocycles. The van der Waals surface area contributed by atoms with Crippen molar-refractivity contribution >= 4 is 12.2 Å². The Morgan fingerprint density at radius 1 is 1.24 bits per heavy atom. The molecule has 0 saturated carbocycles. The van der Waals surface area contributed by atoms with E-state index >= 15 is 0 Å². The van der Waals surface area contributed by atoms with E-state index in [1.807, 2.05) is 0 Å². The van der Waals surface area contributed by atoms with Crippen LogP contribution in [0.1, 0.15) is 25.5 Å². The lowest BCUT2D eigenvalue weighted by molar-refractivity contribution is -0.162. The zero-order chi connectivity index (χ0) is 16.0. The van der Waals surface area contributed by atoms with Crippen molar-refractivity contribution in [1.29, 1.82) is 0 Å². The van der Waals surface area contributed by atoms with Crippen LogP contribution in [0.5, 0.6) is 0 Å². The second-order valence-corrected chi connectivity index (χ2v) is 4.30. The summed E-state index contributed by atoms with van der Waals surface area (Å²) in [6, 6.07) is 4.49. The number of rotatable bonds is 5. The van der Waals surface area contributed by atoms with Gasteiger partial charge >= 0.3 is 12.1 Å². The van der Waals surface area contributed by atoms with E-state index in [4.69, 9.17) is 4.74 Å². The van der Waals surface area contributed by atoms with Crippen molar-refractivity contribution in [2.75, 3.05) is 0 Å². The Hall–Kier alpha value is -2.12. The number of ether oxygens (including phenoxy) is 1.